The predicted molar refractivity (Wildman–Crippen MR) is 110 cm³/mol. The van der Waals surface area contributed by atoms with Crippen LogP contribution in [0.2, 0.25) is 0 Å². The Morgan fingerprint density at radius 1 is 1.11 bits per heavy atom. The van der Waals surface area contributed by atoms with Crippen LogP contribution in [0.5, 0.6) is 0 Å². The summed E-state index contributed by atoms with van der Waals surface area (Å²) in [5.74, 6) is -0.305. The van der Waals surface area contributed by atoms with Crippen LogP contribution in [0, 0.1) is 13.8 Å². The molecule has 1 atom stereocenters. The van der Waals surface area contributed by atoms with E-state index in [1.165, 1.54) is 9.87 Å². The first-order valence-corrected chi connectivity index (χ1v) is 10.9. The van der Waals surface area contributed by atoms with Crippen LogP contribution in [0.3, 0.4) is 0 Å². The van der Waals surface area contributed by atoms with Crippen LogP contribution in [0.25, 0.3) is 0 Å². The van der Waals surface area contributed by atoms with Crippen molar-refractivity contribution < 1.29 is 13.2 Å². The van der Waals surface area contributed by atoms with E-state index in [1.54, 1.807) is 6.07 Å². The van der Waals surface area contributed by atoms with E-state index in [1.807, 2.05) is 51.1 Å². The van der Waals surface area contributed by atoms with Crippen molar-refractivity contribution in [3.05, 3.63) is 65.2 Å². The van der Waals surface area contributed by atoms with Crippen molar-refractivity contribution in [1.29, 1.82) is 0 Å². The number of aryl methyl sites for hydroxylation is 3. The van der Waals surface area contributed by atoms with Gasteiger partial charge in [0, 0.05) is 6.04 Å². The lowest BCUT2D eigenvalue weighted by Gasteiger charge is -2.25. The number of benzene rings is 2. The number of amides is 1. The Morgan fingerprint density at radius 2 is 1.78 bits per heavy atom. The van der Waals surface area contributed by atoms with Gasteiger partial charge in [0.2, 0.25) is 15.9 Å². The van der Waals surface area contributed by atoms with Crippen LogP contribution >= 0.6 is 0 Å². The number of rotatable bonds is 8. The summed E-state index contributed by atoms with van der Waals surface area (Å²) in [6, 6.07) is 15.5. The van der Waals surface area contributed by atoms with Crippen LogP contribution < -0.4 is 9.62 Å². The zero-order valence-electron chi connectivity index (χ0n) is 16.4. The minimum Gasteiger partial charge on any atom is -0.352 e. The summed E-state index contributed by atoms with van der Waals surface area (Å²) in [4.78, 5) is 12.5. The van der Waals surface area contributed by atoms with Gasteiger partial charge in [-0.25, -0.2) is 8.42 Å². The Hall–Kier alpha value is -2.34. The van der Waals surface area contributed by atoms with E-state index in [9.17, 15) is 13.2 Å². The van der Waals surface area contributed by atoms with E-state index in [0.717, 1.165) is 30.2 Å². The summed E-state index contributed by atoms with van der Waals surface area (Å²) in [7, 11) is -3.57. The molecule has 0 bridgehead atoms. The molecule has 6 heteroatoms. The fourth-order valence-corrected chi connectivity index (χ4v) is 3.93. The van der Waals surface area contributed by atoms with Gasteiger partial charge >= 0.3 is 0 Å². The molecule has 0 fully saturated rings. The van der Waals surface area contributed by atoms with Crippen molar-refractivity contribution in [2.24, 2.45) is 0 Å². The first kappa shape index (κ1) is 21.0. The average molecular weight is 389 g/mol. The molecule has 0 saturated heterocycles. The third kappa shape index (κ3) is 6.40. The lowest BCUT2D eigenvalue weighted by atomic mass is 10.1. The maximum absolute atomic E-state index is 12.5. The number of hydrogen-bond acceptors (Lipinski definition) is 3. The zero-order chi connectivity index (χ0) is 20.0. The van der Waals surface area contributed by atoms with E-state index < -0.39 is 10.0 Å². The Bertz CT molecular complexity index is 880. The number of sulfonamides is 1. The number of nitrogens with one attached hydrogen (secondary N) is 1. The van der Waals surface area contributed by atoms with Crippen LogP contribution in [0.4, 0.5) is 5.69 Å². The van der Waals surface area contributed by atoms with Gasteiger partial charge in [0.05, 0.1) is 11.9 Å². The fourth-order valence-electron chi connectivity index (χ4n) is 3.02. The van der Waals surface area contributed by atoms with Gasteiger partial charge in [-0.2, -0.15) is 0 Å². The summed E-state index contributed by atoms with van der Waals surface area (Å²) in [5.41, 5.74) is 3.62. The van der Waals surface area contributed by atoms with Gasteiger partial charge < -0.3 is 5.32 Å². The van der Waals surface area contributed by atoms with Crippen molar-refractivity contribution in [2.45, 2.75) is 39.7 Å². The monoisotopic (exact) mass is 388 g/mol. The molecule has 0 heterocycles. The molecule has 146 valence electrons. The van der Waals surface area contributed by atoms with Crippen molar-refractivity contribution in [3.8, 4) is 0 Å². The third-order valence-electron chi connectivity index (χ3n) is 4.42. The second-order valence-electron chi connectivity index (χ2n) is 7.05. The lowest BCUT2D eigenvalue weighted by molar-refractivity contribution is -0.120. The Kier molecular flexibility index (Phi) is 7.02. The highest BCUT2D eigenvalue weighted by Gasteiger charge is 2.23. The third-order valence-corrected chi connectivity index (χ3v) is 5.55. The van der Waals surface area contributed by atoms with Crippen molar-refractivity contribution >= 4 is 21.6 Å². The maximum Gasteiger partial charge on any atom is 0.240 e. The van der Waals surface area contributed by atoms with Gasteiger partial charge in [0.1, 0.15) is 6.54 Å². The minimum absolute atomic E-state index is 0.0433. The molecule has 0 aliphatic rings. The van der Waals surface area contributed by atoms with E-state index in [2.05, 4.69) is 17.4 Å². The molecule has 0 spiro atoms. The Labute approximate surface area is 162 Å². The van der Waals surface area contributed by atoms with Gasteiger partial charge in [-0.05, 0) is 50.8 Å². The molecule has 5 nitrogen and oxygen atoms in total. The molecule has 0 radical (unpaired) electrons. The standard InChI is InChI=1S/C21H28N2O3S/c1-16-10-13-20(17(2)14-16)23(27(4,25)26)15-21(24)22-18(3)11-12-19-8-6-5-7-9-19/h5-10,13-14,18H,11-12,15H2,1-4H3,(H,22,24). The van der Waals surface area contributed by atoms with Crippen molar-refractivity contribution in [2.75, 3.05) is 17.1 Å². The smallest absolute Gasteiger partial charge is 0.240 e. The average Bonchev–Trinajstić information content (AvgIpc) is 2.58. The van der Waals surface area contributed by atoms with E-state index >= 15 is 0 Å². The molecule has 2 aromatic carbocycles. The maximum atomic E-state index is 12.5. The van der Waals surface area contributed by atoms with Gasteiger partial charge in [-0.1, -0.05) is 48.0 Å². The van der Waals surface area contributed by atoms with Gasteiger partial charge in [0.25, 0.3) is 0 Å². The number of carbonyl (C=O) groups excluding carboxylic acids is 1. The minimum atomic E-state index is -3.57. The Morgan fingerprint density at radius 3 is 2.37 bits per heavy atom. The number of anilines is 1. The van der Waals surface area contributed by atoms with E-state index in [0.29, 0.717) is 5.69 Å². The second-order valence-corrected chi connectivity index (χ2v) is 8.96. The molecule has 0 aromatic heterocycles. The molecule has 0 aliphatic heterocycles. The second kappa shape index (κ2) is 9.04. The largest absolute Gasteiger partial charge is 0.352 e. The molecular formula is C21H28N2O3S. The number of carbonyl (C=O) groups is 1. The van der Waals surface area contributed by atoms with Crippen LogP contribution in [0.1, 0.15) is 30.0 Å². The summed E-state index contributed by atoms with van der Waals surface area (Å²) in [6.45, 7) is 5.50. The highest BCUT2D eigenvalue weighted by atomic mass is 32.2. The van der Waals surface area contributed by atoms with Crippen LogP contribution in [-0.4, -0.2) is 33.2 Å². The molecule has 1 N–H and O–H groups in total. The van der Waals surface area contributed by atoms with Crippen LogP contribution in [0.15, 0.2) is 48.5 Å². The predicted octanol–water partition coefficient (Wildman–Crippen LogP) is 3.21. The number of hydrogen-bond donors (Lipinski definition) is 1. The topological polar surface area (TPSA) is 66.5 Å². The van der Waals surface area contributed by atoms with Crippen LogP contribution in [-0.2, 0) is 21.2 Å². The zero-order valence-corrected chi connectivity index (χ0v) is 17.2. The first-order chi connectivity index (χ1) is 12.7. The highest BCUT2D eigenvalue weighted by molar-refractivity contribution is 7.92. The SMILES string of the molecule is Cc1ccc(N(CC(=O)NC(C)CCc2ccccc2)S(C)(=O)=O)c(C)c1. The Balaban J connectivity index is 2.01. The normalized spacial score (nSPS) is 12.4. The van der Waals surface area contributed by atoms with E-state index in [4.69, 9.17) is 0 Å². The van der Waals surface area contributed by atoms with Gasteiger partial charge in [0.15, 0.2) is 0 Å². The van der Waals surface area contributed by atoms with E-state index in [-0.39, 0.29) is 18.5 Å². The number of nitrogens with zero attached hydrogens (tertiary/aromatic N) is 1. The van der Waals surface area contributed by atoms with Crippen molar-refractivity contribution in [1.82, 2.24) is 5.32 Å². The first-order valence-electron chi connectivity index (χ1n) is 9.05. The highest BCUT2D eigenvalue weighted by Crippen LogP contribution is 2.23. The summed E-state index contributed by atoms with van der Waals surface area (Å²) < 4.78 is 25.7. The quantitative estimate of drug-likeness (QED) is 0.755. The summed E-state index contributed by atoms with van der Waals surface area (Å²) in [5, 5.41) is 2.91. The fraction of sp³-hybridized carbons (Fsp3) is 0.381. The lowest BCUT2D eigenvalue weighted by Crippen LogP contribution is -2.43. The molecule has 0 aliphatic carbocycles. The van der Waals surface area contributed by atoms with Gasteiger partial charge in [-0.15, -0.1) is 0 Å². The molecular weight excluding hydrogens is 360 g/mol. The van der Waals surface area contributed by atoms with Crippen molar-refractivity contribution in [3.63, 3.8) is 0 Å². The summed E-state index contributed by atoms with van der Waals surface area (Å²) >= 11 is 0. The molecule has 0 saturated carbocycles. The molecule has 2 rings (SSSR count). The molecule has 1 unspecified atom stereocenters. The summed E-state index contributed by atoms with van der Waals surface area (Å²) in [6.07, 6.45) is 2.77. The molecule has 2 aromatic rings. The van der Waals surface area contributed by atoms with Gasteiger partial charge in [-0.3, -0.25) is 9.10 Å². The molecule has 27 heavy (non-hydrogen) atoms. The molecule has 1 amide bonds.